The van der Waals surface area contributed by atoms with Gasteiger partial charge in [0.25, 0.3) is 0 Å². The molecule has 47 heavy (non-hydrogen) atoms. The van der Waals surface area contributed by atoms with Crippen molar-refractivity contribution in [2.24, 2.45) is 0 Å². The summed E-state index contributed by atoms with van der Waals surface area (Å²) in [6.45, 7) is 3.45. The second-order valence-electron chi connectivity index (χ2n) is 12.4. The van der Waals surface area contributed by atoms with Gasteiger partial charge in [-0.2, -0.15) is 0 Å². The van der Waals surface area contributed by atoms with E-state index in [1.807, 2.05) is 0 Å². The van der Waals surface area contributed by atoms with E-state index in [2.05, 4.69) is 181 Å². The van der Waals surface area contributed by atoms with Gasteiger partial charge in [0, 0.05) is 25.9 Å². The molecule has 0 saturated carbocycles. The fraction of sp³-hybridized carbons (Fsp3) is 0.182. The number of benzene rings is 6. The van der Waals surface area contributed by atoms with Crippen LogP contribution in [0, 0.1) is 0 Å². The lowest BCUT2D eigenvalue weighted by atomic mass is 10.0. The molecule has 0 aliphatic carbocycles. The highest BCUT2D eigenvalue weighted by Gasteiger charge is 2.44. The number of rotatable bonds is 11. The van der Waals surface area contributed by atoms with Gasteiger partial charge in [-0.05, 0) is 83.5 Å². The molecule has 1 saturated heterocycles. The van der Waals surface area contributed by atoms with Crippen LogP contribution in [0.3, 0.4) is 0 Å². The van der Waals surface area contributed by atoms with Crippen LogP contribution >= 0.6 is 16.1 Å². The van der Waals surface area contributed by atoms with Crippen LogP contribution < -0.4 is 10.6 Å². The Morgan fingerprint density at radius 2 is 0.915 bits per heavy atom. The van der Waals surface area contributed by atoms with Gasteiger partial charge in [0.1, 0.15) is 0 Å². The molecule has 0 aromatic heterocycles. The summed E-state index contributed by atoms with van der Waals surface area (Å²) in [7, 11) is -1.37. The SMILES string of the molecule is CCCCN(P(c1cccc(-c2ccccc2)c1)c1cccc(-c2ccccc2)c1)P1[C@H](c2ccccc2)CC[C@H]1c1ccccc1. The quantitative estimate of drug-likeness (QED) is 0.127. The van der Waals surface area contributed by atoms with E-state index in [4.69, 9.17) is 0 Å². The Morgan fingerprint density at radius 1 is 0.511 bits per heavy atom. The van der Waals surface area contributed by atoms with E-state index < -0.39 is 16.1 Å². The molecule has 0 N–H and O–H groups in total. The van der Waals surface area contributed by atoms with Crippen molar-refractivity contribution in [3.63, 3.8) is 0 Å². The minimum absolute atomic E-state index is 0.535. The summed E-state index contributed by atoms with van der Waals surface area (Å²) in [6, 6.07) is 63.6. The van der Waals surface area contributed by atoms with E-state index in [0.29, 0.717) is 11.3 Å². The lowest BCUT2D eigenvalue weighted by molar-refractivity contribution is 0.632. The molecule has 0 radical (unpaired) electrons. The minimum Gasteiger partial charge on any atom is -0.251 e. The van der Waals surface area contributed by atoms with Crippen molar-refractivity contribution >= 4 is 26.8 Å². The zero-order valence-electron chi connectivity index (χ0n) is 27.2. The predicted octanol–water partition coefficient (Wildman–Crippen LogP) is 12.1. The second kappa shape index (κ2) is 15.4. The Kier molecular flexibility index (Phi) is 10.4. The third kappa shape index (κ3) is 7.20. The van der Waals surface area contributed by atoms with Crippen molar-refractivity contribution in [2.75, 3.05) is 6.54 Å². The second-order valence-corrected chi connectivity index (χ2v) is 17.3. The summed E-state index contributed by atoms with van der Waals surface area (Å²) in [5.74, 6) is 0. The molecular formula is C44H43NP2. The third-order valence-electron chi connectivity index (χ3n) is 9.33. The van der Waals surface area contributed by atoms with Crippen LogP contribution in [0.4, 0.5) is 0 Å². The van der Waals surface area contributed by atoms with Gasteiger partial charge in [0.2, 0.25) is 0 Å². The molecule has 0 amide bonds. The van der Waals surface area contributed by atoms with Crippen molar-refractivity contribution in [3.8, 4) is 22.3 Å². The highest BCUT2D eigenvalue weighted by molar-refractivity contribution is 7.79. The average molecular weight is 648 g/mol. The standard InChI is InChI=1S/C44H43NP2/c1-2-3-32-45(47-43(37-22-12-6-13-23-37)30-31-44(47)38-24-14-7-15-25-38)46(41-28-16-26-39(33-41)35-18-8-4-9-19-35)42-29-17-27-40(34-42)36-20-10-5-11-21-36/h4-29,33-34,43-44H,2-3,30-32H2,1H3/t43-,44-/m0/s1. The van der Waals surface area contributed by atoms with Gasteiger partial charge in [0.15, 0.2) is 0 Å². The molecule has 1 fully saturated rings. The first kappa shape index (κ1) is 31.7. The molecule has 3 heteroatoms. The van der Waals surface area contributed by atoms with Gasteiger partial charge >= 0.3 is 0 Å². The largest absolute Gasteiger partial charge is 0.251 e. The van der Waals surface area contributed by atoms with Gasteiger partial charge in [-0.1, -0.05) is 171 Å². The molecule has 6 aromatic rings. The third-order valence-corrected chi connectivity index (χ3v) is 15.8. The normalized spacial score (nSPS) is 16.6. The van der Waals surface area contributed by atoms with Crippen LogP contribution in [0.5, 0.6) is 0 Å². The minimum atomic E-state index is -0.822. The summed E-state index contributed by atoms with van der Waals surface area (Å²) in [5, 5.41) is 2.88. The fourth-order valence-corrected chi connectivity index (χ4v) is 14.6. The van der Waals surface area contributed by atoms with Crippen molar-refractivity contribution in [3.05, 3.63) is 181 Å². The molecule has 1 heterocycles. The fourth-order valence-electron chi connectivity index (χ4n) is 7.04. The van der Waals surface area contributed by atoms with E-state index in [1.165, 1.54) is 69.7 Å². The van der Waals surface area contributed by atoms with Crippen LogP contribution in [0.1, 0.15) is 55.1 Å². The topological polar surface area (TPSA) is 3.24 Å². The highest BCUT2D eigenvalue weighted by Crippen LogP contribution is 2.76. The molecular weight excluding hydrogens is 604 g/mol. The first-order valence-electron chi connectivity index (χ1n) is 17.1. The van der Waals surface area contributed by atoms with E-state index in [0.717, 1.165) is 6.54 Å². The number of unbranched alkanes of at least 4 members (excludes halogenated alkanes) is 1. The van der Waals surface area contributed by atoms with Crippen LogP contribution in [-0.2, 0) is 0 Å². The van der Waals surface area contributed by atoms with Gasteiger partial charge in [0.05, 0.1) is 0 Å². The number of hydrogen-bond donors (Lipinski definition) is 0. The van der Waals surface area contributed by atoms with Crippen molar-refractivity contribution in [2.45, 2.75) is 43.9 Å². The maximum atomic E-state index is 3.05. The van der Waals surface area contributed by atoms with Crippen molar-refractivity contribution in [1.29, 1.82) is 0 Å². The van der Waals surface area contributed by atoms with E-state index in [9.17, 15) is 0 Å². The maximum Gasteiger partial charge on any atom is 0.0319 e. The lowest BCUT2D eigenvalue weighted by Crippen LogP contribution is -2.28. The van der Waals surface area contributed by atoms with E-state index in [-0.39, 0.29) is 0 Å². The summed E-state index contributed by atoms with van der Waals surface area (Å²) in [4.78, 5) is 0. The maximum absolute atomic E-state index is 3.05. The van der Waals surface area contributed by atoms with E-state index >= 15 is 0 Å². The average Bonchev–Trinajstić information content (AvgIpc) is 3.60. The Morgan fingerprint density at radius 3 is 1.34 bits per heavy atom. The van der Waals surface area contributed by atoms with Crippen molar-refractivity contribution < 1.29 is 0 Å². The first-order valence-corrected chi connectivity index (χ1v) is 19.8. The number of hydrogen-bond acceptors (Lipinski definition) is 1. The summed E-state index contributed by atoms with van der Waals surface area (Å²) < 4.78 is 3.05. The first-order chi connectivity index (χ1) is 23.3. The van der Waals surface area contributed by atoms with Gasteiger partial charge in [-0.15, -0.1) is 0 Å². The van der Waals surface area contributed by atoms with Crippen LogP contribution in [0.2, 0.25) is 0 Å². The van der Waals surface area contributed by atoms with Crippen LogP contribution in [-0.4, -0.2) is 11.0 Å². The monoisotopic (exact) mass is 647 g/mol. The Labute approximate surface area is 284 Å². The van der Waals surface area contributed by atoms with Gasteiger partial charge in [-0.25, -0.2) is 0 Å². The number of nitrogens with zero attached hydrogens (tertiary/aromatic N) is 1. The van der Waals surface area contributed by atoms with Gasteiger partial charge < -0.3 is 0 Å². The summed E-state index contributed by atoms with van der Waals surface area (Å²) >= 11 is 0. The Bertz CT molecular complexity index is 1710. The molecule has 0 bridgehead atoms. The molecule has 234 valence electrons. The molecule has 1 nitrogen and oxygen atoms in total. The molecule has 6 aromatic carbocycles. The van der Waals surface area contributed by atoms with Crippen molar-refractivity contribution in [1.82, 2.24) is 4.44 Å². The Hall–Kier alpha value is -3.86. The van der Waals surface area contributed by atoms with Gasteiger partial charge in [-0.3, -0.25) is 4.44 Å². The van der Waals surface area contributed by atoms with Crippen LogP contribution in [0.15, 0.2) is 170 Å². The molecule has 7 rings (SSSR count). The van der Waals surface area contributed by atoms with E-state index in [1.54, 1.807) is 0 Å². The highest BCUT2D eigenvalue weighted by atomic mass is 31.2. The lowest BCUT2D eigenvalue weighted by Gasteiger charge is -2.42. The molecule has 0 unspecified atom stereocenters. The van der Waals surface area contributed by atoms with Crippen LogP contribution in [0.25, 0.3) is 22.3 Å². The molecule has 1 aliphatic heterocycles. The molecule has 0 spiro atoms. The smallest absolute Gasteiger partial charge is 0.0319 e. The summed E-state index contributed by atoms with van der Waals surface area (Å²) in [6.07, 6.45) is 4.84. The predicted molar refractivity (Wildman–Crippen MR) is 206 cm³/mol. The Balaban J connectivity index is 1.42. The zero-order chi connectivity index (χ0) is 31.8. The summed E-state index contributed by atoms with van der Waals surface area (Å²) in [5.41, 5.74) is 9.22. The molecule has 2 atom stereocenters. The zero-order valence-corrected chi connectivity index (χ0v) is 29.0. The molecule has 1 aliphatic rings.